The van der Waals surface area contributed by atoms with E-state index < -0.39 is 5.97 Å². The molecule has 5 nitrogen and oxygen atoms in total. The minimum atomic E-state index is -0.866. The molecule has 0 spiro atoms. The largest absolute Gasteiger partial charge is 0.481 e. The molecular weight excluding hydrogens is 206 g/mol. The number of carboxylic acid groups (broad SMARTS) is 1. The average Bonchev–Trinajstić information content (AvgIpc) is 2.61. The van der Waals surface area contributed by atoms with Crippen LogP contribution in [0, 0.1) is 0 Å². The number of hydrogen-bond acceptors (Lipinski definition) is 3. The van der Waals surface area contributed by atoms with E-state index >= 15 is 0 Å². The molecular formula is C11H17N3O2. The molecule has 0 bridgehead atoms. The van der Waals surface area contributed by atoms with E-state index in [-0.39, 0.29) is 6.42 Å². The van der Waals surface area contributed by atoms with Crippen molar-refractivity contribution in [1.82, 2.24) is 9.78 Å². The van der Waals surface area contributed by atoms with Crippen LogP contribution in [0.2, 0.25) is 0 Å². The number of nitrogens with zero attached hydrogens (tertiary/aromatic N) is 2. The normalized spacial score (nSPS) is 17.5. The third-order valence-electron chi connectivity index (χ3n) is 3.18. The van der Waals surface area contributed by atoms with Crippen molar-refractivity contribution < 1.29 is 9.90 Å². The highest BCUT2D eigenvalue weighted by atomic mass is 16.4. The van der Waals surface area contributed by atoms with Crippen molar-refractivity contribution in [2.24, 2.45) is 0 Å². The molecule has 1 saturated carbocycles. The fraction of sp³-hybridized carbons (Fsp3) is 0.636. The molecule has 0 aromatic carbocycles. The number of aromatic nitrogens is 2. The van der Waals surface area contributed by atoms with Gasteiger partial charge in [0, 0.05) is 5.56 Å². The van der Waals surface area contributed by atoms with Crippen molar-refractivity contribution in [3.05, 3.63) is 11.8 Å². The lowest BCUT2D eigenvalue weighted by molar-refractivity contribution is -0.136. The van der Waals surface area contributed by atoms with Crippen molar-refractivity contribution in [3.63, 3.8) is 0 Å². The van der Waals surface area contributed by atoms with Gasteiger partial charge in [-0.25, -0.2) is 4.68 Å². The first-order valence-electron chi connectivity index (χ1n) is 5.72. The maximum Gasteiger partial charge on any atom is 0.308 e. The SMILES string of the molecule is Nc1c(CC(=O)O)cnn1C1CCCCC1. The number of anilines is 1. The molecule has 0 saturated heterocycles. The zero-order valence-electron chi connectivity index (χ0n) is 9.22. The van der Waals surface area contributed by atoms with Gasteiger partial charge in [0.05, 0.1) is 18.7 Å². The van der Waals surface area contributed by atoms with E-state index in [1.165, 1.54) is 19.3 Å². The van der Waals surface area contributed by atoms with Crippen molar-refractivity contribution in [1.29, 1.82) is 0 Å². The number of rotatable bonds is 3. The van der Waals surface area contributed by atoms with Gasteiger partial charge < -0.3 is 10.8 Å². The molecule has 0 aliphatic heterocycles. The molecule has 16 heavy (non-hydrogen) atoms. The second kappa shape index (κ2) is 4.55. The van der Waals surface area contributed by atoms with Crippen LogP contribution in [0.25, 0.3) is 0 Å². The van der Waals surface area contributed by atoms with E-state index in [1.54, 1.807) is 10.9 Å². The summed E-state index contributed by atoms with van der Waals surface area (Å²) in [7, 11) is 0. The third-order valence-corrected chi connectivity index (χ3v) is 3.18. The molecule has 2 rings (SSSR count). The smallest absolute Gasteiger partial charge is 0.308 e. The Labute approximate surface area is 94.2 Å². The summed E-state index contributed by atoms with van der Waals surface area (Å²) in [5.74, 6) is -0.343. The van der Waals surface area contributed by atoms with Gasteiger partial charge in [0.2, 0.25) is 0 Å². The van der Waals surface area contributed by atoms with Gasteiger partial charge >= 0.3 is 5.97 Å². The van der Waals surface area contributed by atoms with Crippen molar-refractivity contribution in [3.8, 4) is 0 Å². The molecule has 5 heteroatoms. The quantitative estimate of drug-likeness (QED) is 0.815. The van der Waals surface area contributed by atoms with Crippen LogP contribution in [0.5, 0.6) is 0 Å². The Morgan fingerprint density at radius 3 is 2.81 bits per heavy atom. The molecule has 0 radical (unpaired) electrons. The number of carbonyl (C=O) groups is 1. The lowest BCUT2D eigenvalue weighted by Gasteiger charge is -2.23. The van der Waals surface area contributed by atoms with Crippen molar-refractivity contribution in [2.75, 3.05) is 5.73 Å². The number of hydrogen-bond donors (Lipinski definition) is 2. The molecule has 1 aliphatic carbocycles. The summed E-state index contributed by atoms with van der Waals surface area (Å²) in [5, 5.41) is 12.9. The molecule has 1 fully saturated rings. The van der Waals surface area contributed by atoms with E-state index in [0.29, 0.717) is 17.4 Å². The second-order valence-corrected chi connectivity index (χ2v) is 4.36. The molecule has 0 amide bonds. The first-order chi connectivity index (χ1) is 7.68. The molecule has 88 valence electrons. The summed E-state index contributed by atoms with van der Waals surface area (Å²) >= 11 is 0. The highest BCUT2D eigenvalue weighted by Gasteiger charge is 2.20. The van der Waals surface area contributed by atoms with Crippen LogP contribution in [-0.2, 0) is 11.2 Å². The predicted octanol–water partition coefficient (Wildman–Crippen LogP) is 1.60. The van der Waals surface area contributed by atoms with Crippen LogP contribution in [0.4, 0.5) is 5.82 Å². The Bertz CT molecular complexity index is 381. The summed E-state index contributed by atoms with van der Waals surface area (Å²) < 4.78 is 1.80. The minimum absolute atomic E-state index is 0.0431. The third kappa shape index (κ3) is 2.18. The van der Waals surface area contributed by atoms with E-state index in [0.717, 1.165) is 12.8 Å². The highest BCUT2D eigenvalue weighted by molar-refractivity contribution is 5.72. The van der Waals surface area contributed by atoms with Gasteiger partial charge in [0.25, 0.3) is 0 Å². The highest BCUT2D eigenvalue weighted by Crippen LogP contribution is 2.30. The van der Waals surface area contributed by atoms with Gasteiger partial charge in [-0.3, -0.25) is 4.79 Å². The fourth-order valence-electron chi connectivity index (χ4n) is 2.32. The van der Waals surface area contributed by atoms with E-state index in [2.05, 4.69) is 5.10 Å². The standard InChI is InChI=1S/C11H17N3O2/c12-11-8(6-10(15)16)7-13-14(11)9-4-2-1-3-5-9/h7,9H,1-6,12H2,(H,15,16). The van der Waals surface area contributed by atoms with Gasteiger partial charge in [-0.15, -0.1) is 0 Å². The molecule has 1 aromatic heterocycles. The Hall–Kier alpha value is -1.52. The zero-order chi connectivity index (χ0) is 11.5. The van der Waals surface area contributed by atoms with E-state index in [4.69, 9.17) is 10.8 Å². The first-order valence-corrected chi connectivity index (χ1v) is 5.72. The van der Waals surface area contributed by atoms with Crippen LogP contribution in [0.15, 0.2) is 6.20 Å². The first kappa shape index (κ1) is 11.0. The topological polar surface area (TPSA) is 81.1 Å². The van der Waals surface area contributed by atoms with Crippen LogP contribution < -0.4 is 5.73 Å². The van der Waals surface area contributed by atoms with Crippen molar-refractivity contribution in [2.45, 2.75) is 44.6 Å². The number of nitrogen functional groups attached to an aromatic ring is 1. The predicted molar refractivity (Wildman–Crippen MR) is 60.1 cm³/mol. The maximum atomic E-state index is 10.6. The summed E-state index contributed by atoms with van der Waals surface area (Å²) in [6.07, 6.45) is 7.42. The summed E-state index contributed by atoms with van der Waals surface area (Å²) in [6, 6.07) is 0.358. The Balaban J connectivity index is 2.15. The molecule has 0 atom stereocenters. The van der Waals surface area contributed by atoms with Gasteiger partial charge in [0.1, 0.15) is 5.82 Å². The summed E-state index contributed by atoms with van der Waals surface area (Å²) in [5.41, 5.74) is 6.54. The fourth-order valence-corrected chi connectivity index (χ4v) is 2.32. The van der Waals surface area contributed by atoms with Gasteiger partial charge in [-0.05, 0) is 12.8 Å². The lowest BCUT2D eigenvalue weighted by Crippen LogP contribution is -2.16. The van der Waals surface area contributed by atoms with Crippen LogP contribution in [0.3, 0.4) is 0 Å². The number of aliphatic carboxylic acids is 1. The minimum Gasteiger partial charge on any atom is -0.481 e. The second-order valence-electron chi connectivity index (χ2n) is 4.36. The van der Waals surface area contributed by atoms with Crippen LogP contribution in [0.1, 0.15) is 43.7 Å². The molecule has 3 N–H and O–H groups in total. The summed E-state index contributed by atoms with van der Waals surface area (Å²) in [4.78, 5) is 10.6. The molecule has 1 aromatic rings. The van der Waals surface area contributed by atoms with Gasteiger partial charge in [-0.1, -0.05) is 19.3 Å². The van der Waals surface area contributed by atoms with Crippen molar-refractivity contribution >= 4 is 11.8 Å². The lowest BCUT2D eigenvalue weighted by atomic mass is 9.95. The Morgan fingerprint density at radius 2 is 2.19 bits per heavy atom. The van der Waals surface area contributed by atoms with Gasteiger partial charge in [0.15, 0.2) is 0 Å². The number of nitrogens with two attached hydrogens (primary N) is 1. The monoisotopic (exact) mass is 223 g/mol. The van der Waals surface area contributed by atoms with Crippen LogP contribution >= 0.6 is 0 Å². The maximum absolute atomic E-state index is 10.6. The molecule has 1 aliphatic rings. The molecule has 1 heterocycles. The van der Waals surface area contributed by atoms with Gasteiger partial charge in [-0.2, -0.15) is 5.10 Å². The summed E-state index contributed by atoms with van der Waals surface area (Å²) in [6.45, 7) is 0. The van der Waals surface area contributed by atoms with E-state index in [9.17, 15) is 4.79 Å². The Morgan fingerprint density at radius 1 is 1.50 bits per heavy atom. The van der Waals surface area contributed by atoms with Crippen LogP contribution in [-0.4, -0.2) is 20.9 Å². The zero-order valence-corrected chi connectivity index (χ0v) is 9.22. The molecule has 0 unspecified atom stereocenters. The number of carboxylic acids is 1. The Kier molecular flexibility index (Phi) is 3.12. The van der Waals surface area contributed by atoms with E-state index in [1.807, 2.05) is 0 Å². The average molecular weight is 223 g/mol.